The number of hydrogen-bond acceptors (Lipinski definition) is 8. The van der Waals surface area contributed by atoms with Gasteiger partial charge in [-0.3, -0.25) is 19.1 Å². The van der Waals surface area contributed by atoms with Crippen molar-refractivity contribution in [2.75, 3.05) is 22.8 Å². The van der Waals surface area contributed by atoms with E-state index in [1.54, 1.807) is 0 Å². The van der Waals surface area contributed by atoms with Crippen molar-refractivity contribution < 1.29 is 26.7 Å². The number of ketones is 1. The van der Waals surface area contributed by atoms with E-state index in [1.807, 2.05) is 17.1 Å². The first-order valence-corrected chi connectivity index (χ1v) is 15.5. The first kappa shape index (κ1) is 26.6. The molecule has 2 fully saturated rings. The van der Waals surface area contributed by atoms with E-state index in [9.17, 15) is 26.7 Å². The van der Waals surface area contributed by atoms with Crippen LogP contribution in [-0.2, 0) is 24.8 Å². The van der Waals surface area contributed by atoms with E-state index >= 15 is 0 Å². The summed E-state index contributed by atoms with van der Waals surface area (Å²) in [7, 11) is -7.75. The summed E-state index contributed by atoms with van der Waals surface area (Å²) in [6.07, 6.45) is 8.16. The van der Waals surface area contributed by atoms with Crippen LogP contribution in [0.15, 0.2) is 46.6 Å². The number of aliphatic hydroxyl groups is 1. The second kappa shape index (κ2) is 10.2. The third kappa shape index (κ3) is 5.77. The van der Waals surface area contributed by atoms with Gasteiger partial charge in [-0.2, -0.15) is 0 Å². The summed E-state index contributed by atoms with van der Waals surface area (Å²) in [5.41, 5.74) is 0.283. The molecule has 0 bridgehead atoms. The fourth-order valence-electron chi connectivity index (χ4n) is 5.08. The Kier molecular flexibility index (Phi) is 7.52. The summed E-state index contributed by atoms with van der Waals surface area (Å²) in [5.74, 6) is -0.442. The molecular weight excluding hydrogens is 504 g/mol. The number of nitrogens with one attached hydrogen (secondary N) is 3. The lowest BCUT2D eigenvalue weighted by molar-refractivity contribution is -0.129. The molecule has 0 spiro atoms. The number of sulfonamides is 2. The summed E-state index contributed by atoms with van der Waals surface area (Å²) in [6.45, 7) is 4.51. The average molecular weight is 539 g/mol. The summed E-state index contributed by atoms with van der Waals surface area (Å²) in [6, 6.07) is 4.19. The number of likely N-dealkylation sites (tertiary alicyclic amines) is 1. The van der Waals surface area contributed by atoms with Crippen LogP contribution in [-0.4, -0.2) is 57.7 Å². The SMILES string of the molecule is CC(C)/C=C/C[C@@H]1CN(C2CCCC2)C(O)/C(=C2/Nc3ccc(NS(C)(=O)=O)cc3S(=O)(=O)N2)C1=O. The van der Waals surface area contributed by atoms with Crippen LogP contribution in [0.1, 0.15) is 46.0 Å². The van der Waals surface area contributed by atoms with Gasteiger partial charge in [0, 0.05) is 24.2 Å². The van der Waals surface area contributed by atoms with Crippen molar-refractivity contribution in [1.29, 1.82) is 0 Å². The van der Waals surface area contributed by atoms with Gasteiger partial charge in [0.2, 0.25) is 10.0 Å². The molecule has 1 saturated heterocycles. The molecule has 1 unspecified atom stereocenters. The molecule has 2 aliphatic heterocycles. The fourth-order valence-corrected chi connectivity index (χ4v) is 6.87. The molecule has 10 nitrogen and oxygen atoms in total. The van der Waals surface area contributed by atoms with E-state index in [0.29, 0.717) is 18.9 Å². The summed E-state index contributed by atoms with van der Waals surface area (Å²) < 4.78 is 54.1. The number of carbonyl (C=O) groups excluding carboxylic acids is 1. The minimum atomic E-state index is -4.15. The molecule has 198 valence electrons. The van der Waals surface area contributed by atoms with Crippen molar-refractivity contribution in [3.8, 4) is 0 Å². The van der Waals surface area contributed by atoms with Crippen LogP contribution in [0.25, 0.3) is 0 Å². The quantitative estimate of drug-likeness (QED) is 0.319. The van der Waals surface area contributed by atoms with Crippen molar-refractivity contribution in [1.82, 2.24) is 9.62 Å². The van der Waals surface area contributed by atoms with Crippen LogP contribution in [0.3, 0.4) is 0 Å². The Hall–Kier alpha value is -2.41. The minimum absolute atomic E-state index is 0.00339. The maximum atomic E-state index is 13.6. The lowest BCUT2D eigenvalue weighted by Gasteiger charge is -2.42. The van der Waals surface area contributed by atoms with Gasteiger partial charge in [-0.25, -0.2) is 16.8 Å². The largest absolute Gasteiger partial charge is 0.374 e. The second-order valence-electron chi connectivity index (χ2n) is 10.1. The number of nitrogens with zero attached hydrogens (tertiary/aromatic N) is 1. The van der Waals surface area contributed by atoms with Crippen LogP contribution >= 0.6 is 0 Å². The van der Waals surface area contributed by atoms with Crippen LogP contribution < -0.4 is 14.8 Å². The monoisotopic (exact) mass is 538 g/mol. The molecule has 4 rings (SSSR count). The number of carbonyl (C=O) groups is 1. The molecule has 3 aliphatic rings. The zero-order valence-corrected chi connectivity index (χ0v) is 22.3. The predicted molar refractivity (Wildman–Crippen MR) is 138 cm³/mol. The van der Waals surface area contributed by atoms with Crippen molar-refractivity contribution in [3.63, 3.8) is 0 Å². The maximum absolute atomic E-state index is 13.6. The van der Waals surface area contributed by atoms with Gasteiger partial charge in [-0.1, -0.05) is 38.8 Å². The first-order chi connectivity index (χ1) is 16.9. The second-order valence-corrected chi connectivity index (χ2v) is 13.5. The number of rotatable bonds is 6. The Morgan fingerprint density at radius 3 is 2.58 bits per heavy atom. The fraction of sp³-hybridized carbons (Fsp3) is 0.542. The highest BCUT2D eigenvalue weighted by molar-refractivity contribution is 7.92. The smallest absolute Gasteiger partial charge is 0.265 e. The van der Waals surface area contributed by atoms with E-state index in [2.05, 4.69) is 28.6 Å². The van der Waals surface area contributed by atoms with Crippen LogP contribution in [0.2, 0.25) is 0 Å². The molecular formula is C24H34N4O6S2. The Bertz CT molecular complexity index is 1300. The highest BCUT2D eigenvalue weighted by Crippen LogP contribution is 2.36. The highest BCUT2D eigenvalue weighted by atomic mass is 32.2. The van der Waals surface area contributed by atoms with Gasteiger partial charge in [0.15, 0.2) is 5.78 Å². The molecule has 2 heterocycles. The molecule has 1 aromatic rings. The number of aliphatic hydroxyl groups excluding tert-OH is 1. The molecule has 1 saturated carbocycles. The minimum Gasteiger partial charge on any atom is -0.374 e. The molecule has 36 heavy (non-hydrogen) atoms. The summed E-state index contributed by atoms with van der Waals surface area (Å²) in [5, 5.41) is 14.3. The van der Waals surface area contributed by atoms with Crippen molar-refractivity contribution >= 4 is 37.2 Å². The Morgan fingerprint density at radius 1 is 1.25 bits per heavy atom. The van der Waals surface area contributed by atoms with Crippen molar-refractivity contribution in [3.05, 3.63) is 41.7 Å². The summed E-state index contributed by atoms with van der Waals surface area (Å²) >= 11 is 0. The number of Topliss-reactive ketones (excluding diaryl/α,β-unsaturated/α-hetero) is 1. The zero-order valence-electron chi connectivity index (χ0n) is 20.7. The van der Waals surface area contributed by atoms with Gasteiger partial charge in [0.1, 0.15) is 16.9 Å². The van der Waals surface area contributed by atoms with Crippen molar-refractivity contribution in [2.45, 2.75) is 63.1 Å². The van der Waals surface area contributed by atoms with Crippen molar-refractivity contribution in [2.24, 2.45) is 11.8 Å². The standard InChI is InChI=1S/C24H34N4O6S2/c1-15(2)7-6-8-16-14-28(18-9-4-5-10-18)24(30)21(22(16)29)23-25-19-12-11-17(26-35(3,31)32)13-20(19)36(33,34)27-23/h6-7,11-13,15-16,18,24-27,30H,4-5,8-10,14H2,1-3H3/b7-6+,23-21-/t16-,24?/m1/s1. The molecule has 0 radical (unpaired) electrons. The zero-order chi connectivity index (χ0) is 26.3. The summed E-state index contributed by atoms with van der Waals surface area (Å²) in [4.78, 5) is 15.3. The lowest BCUT2D eigenvalue weighted by atomic mass is 9.86. The van der Waals surface area contributed by atoms with E-state index < -0.39 is 32.2 Å². The van der Waals surface area contributed by atoms with Crippen LogP contribution in [0.5, 0.6) is 0 Å². The van der Waals surface area contributed by atoms with Gasteiger partial charge in [0.25, 0.3) is 10.0 Å². The number of fused-ring (bicyclic) bond motifs is 1. The van der Waals surface area contributed by atoms with Crippen LogP contribution in [0, 0.1) is 11.8 Å². The maximum Gasteiger partial charge on any atom is 0.265 e. The van der Waals surface area contributed by atoms with Gasteiger partial charge in [0.05, 0.1) is 17.5 Å². The number of benzene rings is 1. The molecule has 0 amide bonds. The van der Waals surface area contributed by atoms with Gasteiger partial charge < -0.3 is 10.4 Å². The Balaban J connectivity index is 1.73. The predicted octanol–water partition coefficient (Wildman–Crippen LogP) is 2.34. The average Bonchev–Trinajstić information content (AvgIpc) is 3.29. The lowest BCUT2D eigenvalue weighted by Crippen LogP contribution is -2.54. The van der Waals surface area contributed by atoms with E-state index in [-0.39, 0.29) is 39.5 Å². The van der Waals surface area contributed by atoms with Gasteiger partial charge >= 0.3 is 0 Å². The third-order valence-electron chi connectivity index (χ3n) is 6.71. The number of hydrogen-bond donors (Lipinski definition) is 4. The highest BCUT2D eigenvalue weighted by Gasteiger charge is 2.44. The Labute approximate surface area is 212 Å². The third-order valence-corrected chi connectivity index (χ3v) is 8.71. The Morgan fingerprint density at radius 2 is 1.94 bits per heavy atom. The van der Waals surface area contributed by atoms with E-state index in [4.69, 9.17) is 0 Å². The number of anilines is 2. The molecule has 2 atom stereocenters. The van der Waals surface area contributed by atoms with E-state index in [0.717, 1.165) is 31.9 Å². The number of allylic oxidation sites excluding steroid dienone is 2. The molecule has 1 aromatic carbocycles. The van der Waals surface area contributed by atoms with Gasteiger partial charge in [-0.05, 0) is 43.4 Å². The topological polar surface area (TPSA) is 145 Å². The molecule has 12 heteroatoms. The molecule has 1 aliphatic carbocycles. The normalized spacial score (nSPS) is 27.2. The molecule has 4 N–H and O–H groups in total. The van der Waals surface area contributed by atoms with Crippen LogP contribution in [0.4, 0.5) is 11.4 Å². The van der Waals surface area contributed by atoms with E-state index in [1.165, 1.54) is 18.2 Å². The first-order valence-electron chi connectivity index (χ1n) is 12.2. The van der Waals surface area contributed by atoms with Gasteiger partial charge in [-0.15, -0.1) is 0 Å². The number of piperidine rings is 1. The molecule has 0 aromatic heterocycles.